The zero-order valence-electron chi connectivity index (χ0n) is 14.3. The molecule has 0 aliphatic rings. The van der Waals surface area contributed by atoms with Crippen LogP contribution in [0.4, 0.5) is 4.39 Å². The van der Waals surface area contributed by atoms with Crippen LogP contribution >= 0.6 is 22.9 Å². The number of ether oxygens (including phenoxy) is 2. The van der Waals surface area contributed by atoms with Crippen molar-refractivity contribution in [3.8, 4) is 16.3 Å². The molecule has 2 aromatic carbocycles. The molecule has 27 heavy (non-hydrogen) atoms. The number of hydrogen-bond donors (Lipinski definition) is 0. The van der Waals surface area contributed by atoms with Crippen molar-refractivity contribution in [1.29, 1.82) is 0 Å². The first kappa shape index (κ1) is 19.1. The Morgan fingerprint density at radius 1 is 1.26 bits per heavy atom. The second-order valence-electron chi connectivity index (χ2n) is 5.45. The van der Waals surface area contributed by atoms with Crippen molar-refractivity contribution in [3.05, 3.63) is 76.0 Å². The summed E-state index contributed by atoms with van der Waals surface area (Å²) in [5.41, 5.74) is 1.73. The predicted molar refractivity (Wildman–Crippen MR) is 104 cm³/mol. The third-order valence-electron chi connectivity index (χ3n) is 3.64. The fourth-order valence-electron chi connectivity index (χ4n) is 2.25. The van der Waals surface area contributed by atoms with Crippen molar-refractivity contribution in [2.45, 2.75) is 6.61 Å². The molecule has 0 spiro atoms. The van der Waals surface area contributed by atoms with Crippen LogP contribution in [0, 0.1) is 5.82 Å². The lowest BCUT2D eigenvalue weighted by molar-refractivity contribution is -0.139. The molecule has 4 nitrogen and oxygen atoms in total. The lowest BCUT2D eigenvalue weighted by atomic mass is 10.2. The van der Waals surface area contributed by atoms with Gasteiger partial charge < -0.3 is 9.47 Å². The maximum absolute atomic E-state index is 13.7. The first-order valence-corrected chi connectivity index (χ1v) is 9.20. The van der Waals surface area contributed by atoms with Crippen molar-refractivity contribution >= 4 is 35.0 Å². The van der Waals surface area contributed by atoms with Crippen LogP contribution in [0.2, 0.25) is 5.02 Å². The number of benzene rings is 2. The minimum atomic E-state index is -0.603. The van der Waals surface area contributed by atoms with Gasteiger partial charge in [-0.15, -0.1) is 11.3 Å². The molecule has 3 rings (SSSR count). The van der Waals surface area contributed by atoms with Gasteiger partial charge in [-0.2, -0.15) is 0 Å². The van der Waals surface area contributed by atoms with Crippen molar-refractivity contribution in [1.82, 2.24) is 4.98 Å². The smallest absolute Gasteiger partial charge is 0.331 e. The lowest BCUT2D eigenvalue weighted by Crippen LogP contribution is -2.01. The minimum absolute atomic E-state index is 0.0286. The van der Waals surface area contributed by atoms with Crippen molar-refractivity contribution in [2.24, 2.45) is 0 Å². The monoisotopic (exact) mass is 403 g/mol. The van der Waals surface area contributed by atoms with E-state index in [2.05, 4.69) is 4.98 Å². The van der Waals surface area contributed by atoms with E-state index in [0.29, 0.717) is 5.69 Å². The quantitative estimate of drug-likeness (QED) is 0.410. The fraction of sp³-hybridized carbons (Fsp3) is 0.100. The first-order valence-electron chi connectivity index (χ1n) is 7.94. The summed E-state index contributed by atoms with van der Waals surface area (Å²) in [6, 6.07) is 11.8. The van der Waals surface area contributed by atoms with Crippen LogP contribution in [0.15, 0.2) is 53.9 Å². The Balaban J connectivity index is 1.59. The summed E-state index contributed by atoms with van der Waals surface area (Å²) >= 11 is 7.36. The number of thiazole rings is 1. The van der Waals surface area contributed by atoms with Gasteiger partial charge in [0.2, 0.25) is 0 Å². The molecule has 0 saturated carbocycles. The van der Waals surface area contributed by atoms with Gasteiger partial charge in [-0.05, 0) is 42.5 Å². The van der Waals surface area contributed by atoms with Crippen molar-refractivity contribution in [3.63, 3.8) is 0 Å². The van der Waals surface area contributed by atoms with E-state index in [1.807, 2.05) is 29.6 Å². The highest BCUT2D eigenvalue weighted by molar-refractivity contribution is 7.13. The maximum atomic E-state index is 13.7. The Morgan fingerprint density at radius 2 is 2.04 bits per heavy atom. The number of nitrogens with zero attached hydrogens (tertiary/aromatic N) is 1. The molecule has 0 bridgehead atoms. The van der Waals surface area contributed by atoms with E-state index in [4.69, 9.17) is 21.1 Å². The molecule has 0 aliphatic heterocycles. The molecule has 3 aromatic rings. The Hall–Kier alpha value is -2.70. The third kappa shape index (κ3) is 4.93. The third-order valence-corrected chi connectivity index (χ3v) is 4.91. The minimum Gasteiger partial charge on any atom is -0.497 e. The van der Waals surface area contributed by atoms with Gasteiger partial charge >= 0.3 is 5.97 Å². The number of esters is 1. The normalized spacial score (nSPS) is 10.9. The van der Waals surface area contributed by atoms with Gasteiger partial charge in [-0.25, -0.2) is 14.2 Å². The zero-order valence-corrected chi connectivity index (χ0v) is 15.9. The average molecular weight is 404 g/mol. The Bertz CT molecular complexity index is 949. The van der Waals surface area contributed by atoms with Crippen LogP contribution in [-0.2, 0) is 16.1 Å². The number of carbonyl (C=O) groups excluding carboxylic acids is 1. The van der Waals surface area contributed by atoms with Crippen LogP contribution in [-0.4, -0.2) is 18.1 Å². The van der Waals surface area contributed by atoms with Crippen LogP contribution in [0.1, 0.15) is 11.3 Å². The van der Waals surface area contributed by atoms with Gasteiger partial charge in [-0.3, -0.25) is 0 Å². The maximum Gasteiger partial charge on any atom is 0.331 e. The predicted octanol–water partition coefficient (Wildman–Crippen LogP) is 5.37. The molecule has 1 aromatic heterocycles. The number of halogens is 2. The summed E-state index contributed by atoms with van der Waals surface area (Å²) in [6.07, 6.45) is 2.44. The second kappa shape index (κ2) is 8.79. The number of carbonyl (C=O) groups is 1. The van der Waals surface area contributed by atoms with E-state index < -0.39 is 11.8 Å². The van der Waals surface area contributed by atoms with E-state index in [0.717, 1.165) is 22.4 Å². The molecule has 0 aliphatic carbocycles. The molecule has 0 saturated heterocycles. The van der Waals surface area contributed by atoms with Crippen molar-refractivity contribution < 1.29 is 18.7 Å². The SMILES string of the molecule is COc1ccc(-c2nc(COC(=O)/C=C/c3c(F)cccc3Cl)cs2)cc1. The van der Waals surface area contributed by atoms with E-state index in [1.54, 1.807) is 13.2 Å². The molecule has 7 heteroatoms. The molecule has 0 amide bonds. The largest absolute Gasteiger partial charge is 0.497 e. The fourth-order valence-corrected chi connectivity index (χ4v) is 3.29. The van der Waals surface area contributed by atoms with Crippen molar-refractivity contribution in [2.75, 3.05) is 7.11 Å². The molecule has 0 fully saturated rings. The van der Waals surface area contributed by atoms with E-state index >= 15 is 0 Å². The molecule has 0 radical (unpaired) electrons. The highest BCUT2D eigenvalue weighted by atomic mass is 35.5. The van der Waals surface area contributed by atoms with E-state index in [9.17, 15) is 9.18 Å². The molecular weight excluding hydrogens is 389 g/mol. The van der Waals surface area contributed by atoms with Crippen LogP contribution in [0.5, 0.6) is 5.75 Å². The highest BCUT2D eigenvalue weighted by Gasteiger charge is 2.08. The number of rotatable bonds is 6. The summed E-state index contributed by atoms with van der Waals surface area (Å²) < 4.78 is 23.9. The Labute approximate surface area is 164 Å². The van der Waals surface area contributed by atoms with Gasteiger partial charge in [0.05, 0.1) is 17.8 Å². The average Bonchev–Trinajstić information content (AvgIpc) is 3.15. The van der Waals surface area contributed by atoms with Gasteiger partial charge in [0.1, 0.15) is 23.2 Å². The topological polar surface area (TPSA) is 48.4 Å². The van der Waals surface area contributed by atoms with Crippen LogP contribution in [0.3, 0.4) is 0 Å². The molecule has 0 N–H and O–H groups in total. The zero-order chi connectivity index (χ0) is 19.2. The summed E-state index contributed by atoms with van der Waals surface area (Å²) in [7, 11) is 1.61. The molecule has 0 unspecified atom stereocenters. The second-order valence-corrected chi connectivity index (χ2v) is 6.71. The van der Waals surface area contributed by atoms with Crippen LogP contribution in [0.25, 0.3) is 16.6 Å². The number of aromatic nitrogens is 1. The summed E-state index contributed by atoms with van der Waals surface area (Å²) in [5.74, 6) is -0.338. The van der Waals surface area contributed by atoms with Gasteiger partial charge in [-0.1, -0.05) is 17.7 Å². The first-order chi connectivity index (χ1) is 13.1. The standard InChI is InChI=1S/C20H15ClFNO3S/c1-25-15-7-5-13(6-8-15)20-23-14(12-27-20)11-26-19(24)10-9-16-17(21)3-2-4-18(16)22/h2-10,12H,11H2,1H3/b10-9+. The van der Waals surface area contributed by atoms with Crippen LogP contribution < -0.4 is 4.74 Å². The highest BCUT2D eigenvalue weighted by Crippen LogP contribution is 2.26. The molecule has 0 atom stereocenters. The molecule has 1 heterocycles. The van der Waals surface area contributed by atoms with E-state index in [1.165, 1.54) is 29.5 Å². The molecular formula is C20H15ClFNO3S. The molecule has 138 valence electrons. The summed E-state index contributed by atoms with van der Waals surface area (Å²) in [5, 5.41) is 2.87. The number of hydrogen-bond acceptors (Lipinski definition) is 5. The van der Waals surface area contributed by atoms with Gasteiger partial charge in [0.25, 0.3) is 0 Å². The van der Waals surface area contributed by atoms with Gasteiger partial charge in [0, 0.05) is 22.6 Å². The lowest BCUT2D eigenvalue weighted by Gasteiger charge is -2.01. The summed E-state index contributed by atoms with van der Waals surface area (Å²) in [6.45, 7) is 0.0286. The Kier molecular flexibility index (Phi) is 6.21. The van der Waals surface area contributed by atoms with E-state index in [-0.39, 0.29) is 17.2 Å². The summed E-state index contributed by atoms with van der Waals surface area (Å²) in [4.78, 5) is 16.3. The Morgan fingerprint density at radius 3 is 2.74 bits per heavy atom. The number of methoxy groups -OCH3 is 1. The van der Waals surface area contributed by atoms with Gasteiger partial charge in [0.15, 0.2) is 0 Å².